The standard InChI is InChI=1S/C13H15N3O2/c1-9-3-4-10(7-12(9)17)13(18)14-8-11-5-6-16(2)15-11/h3-7,17H,8H2,1-2H3,(H,14,18). The van der Waals surface area contributed by atoms with Gasteiger partial charge in [-0.05, 0) is 30.7 Å². The Labute approximate surface area is 105 Å². The minimum absolute atomic E-state index is 0.125. The maximum absolute atomic E-state index is 11.8. The van der Waals surface area contributed by atoms with Gasteiger partial charge >= 0.3 is 0 Å². The number of aromatic nitrogens is 2. The SMILES string of the molecule is Cc1ccc(C(=O)NCc2ccn(C)n2)cc1O. The molecule has 1 amide bonds. The second kappa shape index (κ2) is 4.91. The van der Waals surface area contributed by atoms with Crippen LogP contribution in [-0.2, 0) is 13.6 Å². The Kier molecular flexibility index (Phi) is 3.32. The zero-order chi connectivity index (χ0) is 13.1. The van der Waals surface area contributed by atoms with E-state index in [0.29, 0.717) is 12.1 Å². The smallest absolute Gasteiger partial charge is 0.251 e. The second-order valence-corrected chi connectivity index (χ2v) is 4.16. The van der Waals surface area contributed by atoms with Gasteiger partial charge < -0.3 is 10.4 Å². The van der Waals surface area contributed by atoms with Crippen LogP contribution >= 0.6 is 0 Å². The summed E-state index contributed by atoms with van der Waals surface area (Å²) in [6.07, 6.45) is 1.82. The van der Waals surface area contributed by atoms with Gasteiger partial charge in [-0.1, -0.05) is 6.07 Å². The minimum Gasteiger partial charge on any atom is -0.508 e. The largest absolute Gasteiger partial charge is 0.508 e. The highest BCUT2D eigenvalue weighted by molar-refractivity contribution is 5.94. The van der Waals surface area contributed by atoms with Crippen LogP contribution in [0.1, 0.15) is 21.6 Å². The summed E-state index contributed by atoms with van der Waals surface area (Å²) in [5, 5.41) is 16.5. The first kappa shape index (κ1) is 12.2. The number of phenols is 1. The third-order valence-electron chi connectivity index (χ3n) is 2.67. The fourth-order valence-electron chi connectivity index (χ4n) is 1.58. The fourth-order valence-corrected chi connectivity index (χ4v) is 1.58. The Morgan fingerprint density at radius 3 is 2.83 bits per heavy atom. The number of aromatic hydroxyl groups is 1. The predicted molar refractivity (Wildman–Crippen MR) is 67.2 cm³/mol. The number of benzene rings is 1. The van der Waals surface area contributed by atoms with Crippen LogP contribution in [-0.4, -0.2) is 20.8 Å². The Morgan fingerprint density at radius 1 is 1.44 bits per heavy atom. The van der Waals surface area contributed by atoms with Crippen molar-refractivity contribution in [2.24, 2.45) is 7.05 Å². The lowest BCUT2D eigenvalue weighted by molar-refractivity contribution is 0.0950. The van der Waals surface area contributed by atoms with Crippen LogP contribution in [0.2, 0.25) is 0 Å². The first-order valence-corrected chi connectivity index (χ1v) is 5.62. The van der Waals surface area contributed by atoms with E-state index in [-0.39, 0.29) is 11.7 Å². The van der Waals surface area contributed by atoms with Crippen molar-refractivity contribution in [1.82, 2.24) is 15.1 Å². The number of phenolic OH excluding ortho intramolecular Hbond substituents is 1. The highest BCUT2D eigenvalue weighted by atomic mass is 16.3. The summed E-state index contributed by atoms with van der Waals surface area (Å²) >= 11 is 0. The number of hydrogen-bond acceptors (Lipinski definition) is 3. The van der Waals surface area contributed by atoms with Gasteiger partial charge in [0.05, 0.1) is 12.2 Å². The normalized spacial score (nSPS) is 10.3. The molecule has 2 rings (SSSR count). The molecule has 0 aliphatic rings. The second-order valence-electron chi connectivity index (χ2n) is 4.16. The summed E-state index contributed by atoms with van der Waals surface area (Å²) in [7, 11) is 1.82. The topological polar surface area (TPSA) is 67.2 Å². The molecule has 0 saturated carbocycles. The Morgan fingerprint density at radius 2 is 2.22 bits per heavy atom. The number of aryl methyl sites for hydroxylation is 2. The molecule has 2 N–H and O–H groups in total. The van der Waals surface area contributed by atoms with Crippen molar-refractivity contribution in [3.63, 3.8) is 0 Å². The lowest BCUT2D eigenvalue weighted by Gasteiger charge is -2.05. The van der Waals surface area contributed by atoms with Crippen molar-refractivity contribution in [3.05, 3.63) is 47.3 Å². The van der Waals surface area contributed by atoms with Crippen molar-refractivity contribution in [3.8, 4) is 5.75 Å². The Balaban J connectivity index is 2.01. The van der Waals surface area contributed by atoms with Crippen molar-refractivity contribution in [2.75, 3.05) is 0 Å². The fraction of sp³-hybridized carbons (Fsp3) is 0.231. The summed E-state index contributed by atoms with van der Waals surface area (Å²) in [6, 6.07) is 6.70. The zero-order valence-electron chi connectivity index (χ0n) is 10.3. The number of rotatable bonds is 3. The number of carbonyl (C=O) groups excluding carboxylic acids is 1. The highest BCUT2D eigenvalue weighted by Gasteiger charge is 2.08. The molecule has 0 bridgehead atoms. The molecule has 2 aromatic rings. The van der Waals surface area contributed by atoms with Crippen LogP contribution in [0.5, 0.6) is 5.75 Å². The number of nitrogens with one attached hydrogen (secondary N) is 1. The van der Waals surface area contributed by atoms with Gasteiger partial charge in [0.15, 0.2) is 0 Å². The van der Waals surface area contributed by atoms with Crippen molar-refractivity contribution < 1.29 is 9.90 Å². The molecule has 0 saturated heterocycles. The molecule has 18 heavy (non-hydrogen) atoms. The summed E-state index contributed by atoms with van der Waals surface area (Å²) < 4.78 is 1.68. The molecule has 0 aliphatic heterocycles. The zero-order valence-corrected chi connectivity index (χ0v) is 10.3. The van der Waals surface area contributed by atoms with E-state index in [2.05, 4.69) is 10.4 Å². The molecule has 0 unspecified atom stereocenters. The Hall–Kier alpha value is -2.30. The lowest BCUT2D eigenvalue weighted by Crippen LogP contribution is -2.23. The molecule has 1 heterocycles. The van der Waals surface area contributed by atoms with Gasteiger partial charge in [-0.3, -0.25) is 9.48 Å². The van der Waals surface area contributed by atoms with Gasteiger partial charge in [0, 0.05) is 18.8 Å². The van der Waals surface area contributed by atoms with Gasteiger partial charge in [-0.2, -0.15) is 5.10 Å². The molecule has 94 valence electrons. The minimum atomic E-state index is -0.226. The van der Waals surface area contributed by atoms with E-state index in [1.807, 2.05) is 19.3 Å². The van der Waals surface area contributed by atoms with E-state index in [1.165, 1.54) is 6.07 Å². The first-order valence-electron chi connectivity index (χ1n) is 5.62. The molecule has 0 aliphatic carbocycles. The van der Waals surface area contributed by atoms with Gasteiger partial charge in [0.25, 0.3) is 5.91 Å². The van der Waals surface area contributed by atoms with Crippen LogP contribution in [0.4, 0.5) is 0 Å². The van der Waals surface area contributed by atoms with E-state index in [1.54, 1.807) is 23.7 Å². The van der Waals surface area contributed by atoms with Crippen LogP contribution < -0.4 is 5.32 Å². The quantitative estimate of drug-likeness (QED) is 0.858. The van der Waals surface area contributed by atoms with Crippen LogP contribution in [0, 0.1) is 6.92 Å². The molecule has 0 spiro atoms. The van der Waals surface area contributed by atoms with E-state index >= 15 is 0 Å². The first-order chi connectivity index (χ1) is 8.56. The van der Waals surface area contributed by atoms with E-state index < -0.39 is 0 Å². The monoisotopic (exact) mass is 245 g/mol. The summed E-state index contributed by atoms with van der Waals surface area (Å²) in [5.41, 5.74) is 1.98. The van der Waals surface area contributed by atoms with E-state index in [9.17, 15) is 9.90 Å². The predicted octanol–water partition coefficient (Wildman–Crippen LogP) is 1.36. The van der Waals surface area contributed by atoms with Gasteiger partial charge in [-0.15, -0.1) is 0 Å². The van der Waals surface area contributed by atoms with E-state index in [0.717, 1.165) is 11.3 Å². The molecule has 1 aromatic heterocycles. The average Bonchev–Trinajstić information content (AvgIpc) is 2.75. The number of amides is 1. The Bertz CT molecular complexity index is 575. The molecular weight excluding hydrogens is 230 g/mol. The maximum Gasteiger partial charge on any atom is 0.251 e. The summed E-state index contributed by atoms with van der Waals surface area (Å²) in [6.45, 7) is 2.15. The summed E-state index contributed by atoms with van der Waals surface area (Å²) in [4.78, 5) is 11.8. The maximum atomic E-state index is 11.8. The molecular formula is C13H15N3O2. The lowest BCUT2D eigenvalue weighted by atomic mass is 10.1. The molecule has 0 fully saturated rings. The van der Waals surface area contributed by atoms with Crippen LogP contribution in [0.15, 0.2) is 30.5 Å². The molecule has 5 nitrogen and oxygen atoms in total. The molecule has 0 atom stereocenters. The van der Waals surface area contributed by atoms with Crippen LogP contribution in [0.3, 0.4) is 0 Å². The van der Waals surface area contributed by atoms with Crippen molar-refractivity contribution in [2.45, 2.75) is 13.5 Å². The third kappa shape index (κ3) is 2.68. The molecule has 5 heteroatoms. The van der Waals surface area contributed by atoms with Gasteiger partial charge in [-0.25, -0.2) is 0 Å². The number of carbonyl (C=O) groups is 1. The van der Waals surface area contributed by atoms with E-state index in [4.69, 9.17) is 0 Å². The van der Waals surface area contributed by atoms with Crippen LogP contribution in [0.25, 0.3) is 0 Å². The molecule has 0 radical (unpaired) electrons. The summed E-state index contributed by atoms with van der Waals surface area (Å²) in [5.74, 6) is -0.101. The van der Waals surface area contributed by atoms with Crippen molar-refractivity contribution >= 4 is 5.91 Å². The molecule has 1 aromatic carbocycles. The number of hydrogen-bond donors (Lipinski definition) is 2. The highest BCUT2D eigenvalue weighted by Crippen LogP contribution is 2.17. The third-order valence-corrected chi connectivity index (χ3v) is 2.67. The van der Waals surface area contributed by atoms with Gasteiger partial charge in [0.2, 0.25) is 0 Å². The number of nitrogens with zero attached hydrogens (tertiary/aromatic N) is 2. The van der Waals surface area contributed by atoms with Gasteiger partial charge in [0.1, 0.15) is 5.75 Å². The average molecular weight is 245 g/mol. The van der Waals surface area contributed by atoms with Crippen molar-refractivity contribution in [1.29, 1.82) is 0 Å².